The SMILES string of the molecule is [2H]C([2H])([2H])N(C([2H])([2H])[2H])C([2H])([2H])[2H].[2H]Cl. The van der Waals surface area contributed by atoms with Crippen LogP contribution < -0.4 is 0 Å². The molecule has 0 aliphatic carbocycles. The average molecular weight is 106 g/mol. The van der Waals surface area contributed by atoms with Crippen molar-refractivity contribution in [2.45, 2.75) is 0 Å². The van der Waals surface area contributed by atoms with Crippen molar-refractivity contribution in [3.63, 3.8) is 0 Å². The third kappa shape index (κ3) is 344. The Kier molecular flexibility index (Phi) is 0.459. The summed E-state index contributed by atoms with van der Waals surface area (Å²) in [6.45, 7) is -9.47. The molecule has 0 saturated heterocycles. The lowest BCUT2D eigenvalue weighted by Crippen LogP contribution is -1.99. The Labute approximate surface area is 53.2 Å². The highest BCUT2D eigenvalue weighted by Gasteiger charge is 1.58. The predicted octanol–water partition coefficient (Wildman–Crippen LogP) is 0.600. The van der Waals surface area contributed by atoms with Crippen molar-refractivity contribution < 1.29 is 12.3 Å². The Morgan fingerprint density at radius 3 is 2.00 bits per heavy atom. The Morgan fingerprint density at radius 2 is 2.00 bits per heavy atom. The molecular formula is C3H10ClN. The molecule has 0 unspecified atom stereocenters. The van der Waals surface area contributed by atoms with Gasteiger partial charge in [0.05, 0.1) is 0 Å². The normalized spacial score (nSPS) is 42.8. The van der Waals surface area contributed by atoms with Gasteiger partial charge in [-0.3, -0.25) is 0 Å². The molecule has 5 heavy (non-hydrogen) atoms. The van der Waals surface area contributed by atoms with Gasteiger partial charge >= 0.3 is 0 Å². The lowest BCUT2D eigenvalue weighted by Gasteiger charge is -1.90. The molecule has 0 aromatic heterocycles. The zero-order valence-corrected chi connectivity index (χ0v) is 3.08. The molecule has 0 atom stereocenters. The highest BCUT2D eigenvalue weighted by atomic mass is 35.5. The molecule has 0 rings (SSSR count). The molecule has 0 saturated carbocycles. The summed E-state index contributed by atoms with van der Waals surface area (Å²) in [6.07, 6.45) is 0. The second-order valence-corrected chi connectivity index (χ2v) is 0.335. The van der Waals surface area contributed by atoms with Gasteiger partial charge < -0.3 is 4.90 Å². The summed E-state index contributed by atoms with van der Waals surface area (Å²) in [5.74, 6) is 0. The Hall–Kier alpha value is 0.250. The van der Waals surface area contributed by atoms with Crippen molar-refractivity contribution in [3.8, 4) is 0 Å². The first-order valence-corrected chi connectivity index (χ1v) is 0.671. The molecule has 0 N–H and O–H groups in total. The van der Waals surface area contributed by atoms with E-state index in [4.69, 9.17) is 13.5 Å². The van der Waals surface area contributed by atoms with Gasteiger partial charge in [-0.25, -0.2) is 0 Å². The maximum absolute atomic E-state index is 6.74. The van der Waals surface area contributed by atoms with Crippen molar-refractivity contribution >= 4 is 12.3 Å². The van der Waals surface area contributed by atoms with Gasteiger partial charge in [-0.15, -0.1) is 12.3 Å². The van der Waals surface area contributed by atoms with Crippen LogP contribution >= 0.6 is 12.3 Å². The van der Waals surface area contributed by atoms with Crippen molar-refractivity contribution in [1.29, 1.82) is 1.17 Å². The van der Waals surface area contributed by atoms with Gasteiger partial charge in [0, 0.05) is 12.3 Å². The van der Waals surface area contributed by atoms with Crippen LogP contribution in [0.3, 0.4) is 0 Å². The van der Waals surface area contributed by atoms with E-state index in [1.54, 1.807) is 0 Å². The van der Waals surface area contributed by atoms with Crippen molar-refractivity contribution in [1.82, 2.24) is 4.90 Å². The van der Waals surface area contributed by atoms with E-state index < -0.39 is 25.8 Å². The van der Waals surface area contributed by atoms with Crippen LogP contribution in [0.5, 0.6) is 0 Å². The number of hydrogen-bond donors (Lipinski definition) is 0. The van der Waals surface area contributed by atoms with E-state index in [1.165, 1.54) is 0 Å². The van der Waals surface area contributed by atoms with Crippen LogP contribution in [0.4, 0.5) is 0 Å². The maximum atomic E-state index is 6.74. The molecule has 0 aromatic rings. The van der Waals surface area contributed by atoms with Crippen molar-refractivity contribution in [2.75, 3.05) is 20.9 Å². The number of nitrogens with zero attached hydrogens (tertiary/aromatic N) is 1. The summed E-state index contributed by atoms with van der Waals surface area (Å²) in [6, 6.07) is 0. The number of rotatable bonds is 0. The van der Waals surface area contributed by atoms with E-state index in [2.05, 4.69) is 12.3 Å². The second kappa shape index (κ2) is 4.25. The zero-order chi connectivity index (χ0) is 13.1. The minimum absolute atomic E-state index is 0.438. The van der Waals surface area contributed by atoms with Crippen LogP contribution in [0.2, 0.25) is 0 Å². The van der Waals surface area contributed by atoms with Crippen LogP contribution in [-0.4, -0.2) is 27.0 Å². The molecule has 0 heterocycles. The molecule has 0 aliphatic heterocycles. The first-order valence-electron chi connectivity index (χ1n) is 5.55. The Bertz CT molecular complexity index is 143. The zero-order valence-electron chi connectivity index (χ0n) is 12.3. The van der Waals surface area contributed by atoms with E-state index in [0.29, 0.717) is 0 Å². The van der Waals surface area contributed by atoms with E-state index in [-0.39, 0.29) is 0 Å². The molecule has 1 nitrogen and oxygen atoms in total. The first-order chi connectivity index (χ1) is 6.37. The highest BCUT2D eigenvalue weighted by Crippen LogP contribution is 1.47. The predicted molar refractivity (Wildman–Crippen MR) is 26.9 cm³/mol. The minimum Gasteiger partial charge on any atom is -0.312 e. The standard InChI is InChI=1S/C3H9N.ClH/c1-4(2)3;/h1-3H3;1H/i1D3,2D3,3D3;/hD. The third-order valence-corrected chi connectivity index (χ3v) is 0. The topological polar surface area (TPSA) is 3.24 Å². The van der Waals surface area contributed by atoms with Gasteiger partial charge in [0.25, 0.3) is 0 Å². The van der Waals surface area contributed by atoms with Gasteiger partial charge in [-0.1, -0.05) is 0 Å². The summed E-state index contributed by atoms with van der Waals surface area (Å²) in [7, 11) is 0. The van der Waals surface area contributed by atoms with Gasteiger partial charge in [-0.2, -0.15) is 0 Å². The molecule has 34 valence electrons. The largest absolute Gasteiger partial charge is 0.312 e. The molecule has 0 amide bonds. The minimum atomic E-state index is -3.16. The van der Waals surface area contributed by atoms with E-state index >= 15 is 0 Å². The van der Waals surface area contributed by atoms with Crippen LogP contribution in [0.25, 0.3) is 0 Å². The first kappa shape index (κ1) is 0.540. The average Bonchev–Trinajstić information content (AvgIpc) is 1.79. The molecular weight excluding hydrogens is 85.5 g/mol. The van der Waals surface area contributed by atoms with Gasteiger partial charge in [0.1, 0.15) is 1.17 Å². The van der Waals surface area contributed by atoms with Gasteiger partial charge in [-0.05, 0) is 20.9 Å². The Morgan fingerprint density at radius 1 is 1.60 bits per heavy atom. The molecule has 0 bridgehead atoms. The van der Waals surface area contributed by atoms with Crippen LogP contribution in [0, 0.1) is 0 Å². The van der Waals surface area contributed by atoms with E-state index in [9.17, 15) is 0 Å². The molecule has 0 spiro atoms. The van der Waals surface area contributed by atoms with Crippen LogP contribution in [-0.2, 0) is 0 Å². The van der Waals surface area contributed by atoms with Crippen LogP contribution in [0.15, 0.2) is 0 Å². The summed E-state index contributed by atoms with van der Waals surface area (Å²) in [5.41, 5.74) is 0. The summed E-state index contributed by atoms with van der Waals surface area (Å²) >= 11 is 3.89. The molecule has 0 aliphatic rings. The quantitative estimate of drug-likeness (QED) is 0.436. The summed E-state index contributed by atoms with van der Waals surface area (Å²) < 4.78 is 65.9. The smallest absolute Gasteiger partial charge is 0.147 e. The molecule has 0 fully saturated rings. The van der Waals surface area contributed by atoms with E-state index in [1.807, 2.05) is 0 Å². The molecule has 2 heteroatoms. The fourth-order valence-corrected chi connectivity index (χ4v) is 0. The highest BCUT2D eigenvalue weighted by molar-refractivity contribution is 5.85. The Balaban J connectivity index is 0. The summed E-state index contributed by atoms with van der Waals surface area (Å²) in [4.78, 5) is -0.438. The second-order valence-electron chi connectivity index (χ2n) is 0.335. The van der Waals surface area contributed by atoms with Crippen molar-refractivity contribution in [3.05, 3.63) is 0 Å². The fraction of sp³-hybridized carbons (Fsp3) is 1.00. The monoisotopic (exact) mass is 105 g/mol. The molecule has 0 aromatic carbocycles. The van der Waals surface area contributed by atoms with Gasteiger partial charge in [0.2, 0.25) is 0 Å². The van der Waals surface area contributed by atoms with Crippen LogP contribution in [0.1, 0.15) is 12.3 Å². The lowest BCUT2D eigenvalue weighted by atomic mass is 11.0. The maximum Gasteiger partial charge on any atom is 0.147 e. The van der Waals surface area contributed by atoms with Gasteiger partial charge in [0.15, 0.2) is 0 Å². The number of halogens is 1. The van der Waals surface area contributed by atoms with E-state index in [0.717, 1.165) is 0 Å². The number of hydrogen-bond acceptors (Lipinski definition) is 1. The summed E-state index contributed by atoms with van der Waals surface area (Å²) in [5, 5.41) is 0. The van der Waals surface area contributed by atoms with Crippen molar-refractivity contribution in [2.24, 2.45) is 0 Å². The fourth-order valence-electron chi connectivity index (χ4n) is 0. The lowest BCUT2D eigenvalue weighted by molar-refractivity contribution is 0.505. The molecule has 0 radical (unpaired) electrons. The third-order valence-electron chi connectivity index (χ3n) is 0.